The number of carbonyl (C=O) groups is 1. The Morgan fingerprint density at radius 1 is 1.31 bits per heavy atom. The van der Waals surface area contributed by atoms with Crippen molar-refractivity contribution in [2.45, 2.75) is 13.8 Å². The Kier molecular flexibility index (Phi) is 1.69. The van der Waals surface area contributed by atoms with Gasteiger partial charge in [-0.05, 0) is 18.6 Å². The second-order valence-corrected chi connectivity index (χ2v) is 3.22. The Morgan fingerprint density at radius 2 is 2.00 bits per heavy atom. The number of hydrogen-bond donors (Lipinski definition) is 0. The molecule has 2 nitrogen and oxygen atoms in total. The Bertz CT molecular complexity index is 468. The van der Waals surface area contributed by atoms with Gasteiger partial charge >= 0.3 is 0 Å². The minimum absolute atomic E-state index is 0.0595. The minimum atomic E-state index is 0.0595. The van der Waals surface area contributed by atoms with Crippen molar-refractivity contribution in [2.24, 2.45) is 0 Å². The van der Waals surface area contributed by atoms with Crippen molar-refractivity contribution < 1.29 is 4.79 Å². The smallest absolute Gasteiger partial charge is 0.227 e. The third-order valence-electron chi connectivity index (χ3n) is 2.25. The molecule has 1 aromatic carbocycles. The summed E-state index contributed by atoms with van der Waals surface area (Å²) in [6, 6.07) is 7.93. The standard InChI is InChI=1S/C11H11NO/c1-8-7-12(9(2)13)11-6-4-3-5-10(8)11/h3-7H,1-2H3. The third-order valence-corrected chi connectivity index (χ3v) is 2.25. The van der Waals surface area contributed by atoms with Gasteiger partial charge in [-0.1, -0.05) is 18.2 Å². The Balaban J connectivity index is 2.85. The van der Waals surface area contributed by atoms with Crippen LogP contribution in [-0.2, 0) is 0 Å². The summed E-state index contributed by atoms with van der Waals surface area (Å²) in [4.78, 5) is 11.2. The van der Waals surface area contributed by atoms with E-state index in [2.05, 4.69) is 0 Å². The van der Waals surface area contributed by atoms with E-state index in [4.69, 9.17) is 0 Å². The van der Waals surface area contributed by atoms with Crippen molar-refractivity contribution in [3.05, 3.63) is 36.0 Å². The minimum Gasteiger partial charge on any atom is -0.287 e. The molecule has 0 bridgehead atoms. The number of rotatable bonds is 0. The average Bonchev–Trinajstić information content (AvgIpc) is 2.45. The maximum absolute atomic E-state index is 11.2. The van der Waals surface area contributed by atoms with E-state index in [1.165, 1.54) is 0 Å². The lowest BCUT2D eigenvalue weighted by atomic mass is 10.2. The van der Waals surface area contributed by atoms with Crippen LogP contribution in [0.4, 0.5) is 0 Å². The monoisotopic (exact) mass is 173 g/mol. The molecule has 0 atom stereocenters. The van der Waals surface area contributed by atoms with Gasteiger partial charge in [-0.2, -0.15) is 0 Å². The topological polar surface area (TPSA) is 22.0 Å². The lowest BCUT2D eigenvalue weighted by molar-refractivity contribution is 0.0941. The van der Waals surface area contributed by atoms with Crippen LogP contribution in [-0.4, -0.2) is 10.5 Å². The summed E-state index contributed by atoms with van der Waals surface area (Å²) in [5, 5.41) is 1.15. The summed E-state index contributed by atoms with van der Waals surface area (Å²) in [7, 11) is 0. The van der Waals surface area contributed by atoms with Crippen molar-refractivity contribution in [1.29, 1.82) is 0 Å². The summed E-state index contributed by atoms with van der Waals surface area (Å²) in [6.45, 7) is 3.59. The number of benzene rings is 1. The SMILES string of the molecule is CC(=O)n1cc(C)c2ccccc21. The van der Waals surface area contributed by atoms with Crippen LogP contribution in [0.1, 0.15) is 17.3 Å². The van der Waals surface area contributed by atoms with Crippen LogP contribution in [0, 0.1) is 6.92 Å². The van der Waals surface area contributed by atoms with Gasteiger partial charge in [-0.25, -0.2) is 0 Å². The first kappa shape index (κ1) is 8.05. The van der Waals surface area contributed by atoms with Gasteiger partial charge in [0.05, 0.1) is 5.52 Å². The highest BCUT2D eigenvalue weighted by atomic mass is 16.1. The number of carbonyl (C=O) groups excluding carboxylic acids is 1. The molecule has 2 rings (SSSR count). The molecule has 0 saturated carbocycles. The number of hydrogen-bond acceptors (Lipinski definition) is 1. The molecule has 0 radical (unpaired) electrons. The Hall–Kier alpha value is -1.57. The van der Waals surface area contributed by atoms with Gasteiger partial charge in [0, 0.05) is 18.5 Å². The van der Waals surface area contributed by atoms with Crippen molar-refractivity contribution in [3.63, 3.8) is 0 Å². The molecule has 0 aliphatic heterocycles. The Labute approximate surface area is 76.8 Å². The zero-order chi connectivity index (χ0) is 9.42. The normalized spacial score (nSPS) is 10.6. The molecule has 0 aliphatic carbocycles. The zero-order valence-electron chi connectivity index (χ0n) is 7.74. The second kappa shape index (κ2) is 2.73. The highest BCUT2D eigenvalue weighted by Crippen LogP contribution is 2.19. The first-order valence-corrected chi connectivity index (χ1v) is 4.28. The molecule has 0 N–H and O–H groups in total. The number of aryl methyl sites for hydroxylation is 1. The molecule has 0 saturated heterocycles. The molecule has 0 aliphatic rings. The molecule has 66 valence electrons. The van der Waals surface area contributed by atoms with Crippen LogP contribution >= 0.6 is 0 Å². The molecule has 2 heteroatoms. The van der Waals surface area contributed by atoms with Crippen molar-refractivity contribution in [2.75, 3.05) is 0 Å². The van der Waals surface area contributed by atoms with Gasteiger partial charge in [-0.15, -0.1) is 0 Å². The molecule has 13 heavy (non-hydrogen) atoms. The first-order valence-electron chi connectivity index (χ1n) is 4.28. The summed E-state index contributed by atoms with van der Waals surface area (Å²) in [6.07, 6.45) is 1.88. The van der Waals surface area contributed by atoms with Crippen LogP contribution in [0.3, 0.4) is 0 Å². The highest BCUT2D eigenvalue weighted by molar-refractivity contribution is 5.93. The number of fused-ring (bicyclic) bond motifs is 1. The summed E-state index contributed by atoms with van der Waals surface area (Å²) >= 11 is 0. The van der Waals surface area contributed by atoms with Gasteiger partial charge in [0.1, 0.15) is 0 Å². The van der Waals surface area contributed by atoms with E-state index in [1.807, 2.05) is 37.4 Å². The third kappa shape index (κ3) is 1.15. The molecular weight excluding hydrogens is 162 g/mol. The lowest BCUT2D eigenvalue weighted by Gasteiger charge is -1.97. The number of nitrogens with zero attached hydrogens (tertiary/aromatic N) is 1. The van der Waals surface area contributed by atoms with Crippen molar-refractivity contribution >= 4 is 16.8 Å². The Morgan fingerprint density at radius 3 is 2.69 bits per heavy atom. The molecule has 0 fully saturated rings. The van der Waals surface area contributed by atoms with Crippen LogP contribution in [0.15, 0.2) is 30.5 Å². The summed E-state index contributed by atoms with van der Waals surface area (Å²) < 4.78 is 1.69. The largest absolute Gasteiger partial charge is 0.287 e. The quantitative estimate of drug-likeness (QED) is 0.600. The van der Waals surface area contributed by atoms with Crippen LogP contribution in [0.2, 0.25) is 0 Å². The fourth-order valence-electron chi connectivity index (χ4n) is 1.61. The van der Waals surface area contributed by atoms with E-state index in [9.17, 15) is 4.79 Å². The number of para-hydroxylation sites is 1. The lowest BCUT2D eigenvalue weighted by Crippen LogP contribution is -2.02. The van der Waals surface area contributed by atoms with E-state index in [1.54, 1.807) is 11.5 Å². The molecule has 1 aromatic heterocycles. The molecule has 0 unspecified atom stereocenters. The van der Waals surface area contributed by atoms with E-state index in [0.717, 1.165) is 16.5 Å². The molecule has 2 aromatic rings. The summed E-state index contributed by atoms with van der Waals surface area (Å²) in [5.41, 5.74) is 2.14. The maximum atomic E-state index is 11.2. The van der Waals surface area contributed by atoms with Crippen LogP contribution in [0.25, 0.3) is 10.9 Å². The fraction of sp³-hybridized carbons (Fsp3) is 0.182. The first-order chi connectivity index (χ1) is 6.20. The zero-order valence-corrected chi connectivity index (χ0v) is 7.74. The van der Waals surface area contributed by atoms with Gasteiger partial charge < -0.3 is 0 Å². The fourth-order valence-corrected chi connectivity index (χ4v) is 1.61. The van der Waals surface area contributed by atoms with E-state index >= 15 is 0 Å². The molecule has 1 heterocycles. The number of aromatic nitrogens is 1. The summed E-state index contributed by atoms with van der Waals surface area (Å²) in [5.74, 6) is 0.0595. The highest BCUT2D eigenvalue weighted by Gasteiger charge is 2.06. The average molecular weight is 173 g/mol. The van der Waals surface area contributed by atoms with E-state index < -0.39 is 0 Å². The predicted molar refractivity (Wildman–Crippen MR) is 53.0 cm³/mol. The molecule has 0 spiro atoms. The molecular formula is C11H11NO. The van der Waals surface area contributed by atoms with Crippen molar-refractivity contribution in [3.8, 4) is 0 Å². The predicted octanol–water partition coefficient (Wildman–Crippen LogP) is 2.61. The molecule has 0 amide bonds. The van der Waals surface area contributed by atoms with Crippen LogP contribution < -0.4 is 0 Å². The van der Waals surface area contributed by atoms with Gasteiger partial charge in [0.25, 0.3) is 0 Å². The van der Waals surface area contributed by atoms with Gasteiger partial charge in [0.15, 0.2) is 0 Å². The van der Waals surface area contributed by atoms with Crippen LogP contribution in [0.5, 0.6) is 0 Å². The van der Waals surface area contributed by atoms with Gasteiger partial charge in [0.2, 0.25) is 5.91 Å². The van der Waals surface area contributed by atoms with Crippen molar-refractivity contribution in [1.82, 2.24) is 4.57 Å². The van der Waals surface area contributed by atoms with Gasteiger partial charge in [-0.3, -0.25) is 9.36 Å². The maximum Gasteiger partial charge on any atom is 0.227 e. The second-order valence-electron chi connectivity index (χ2n) is 3.22. The van der Waals surface area contributed by atoms with E-state index in [0.29, 0.717) is 0 Å². The van der Waals surface area contributed by atoms with E-state index in [-0.39, 0.29) is 5.91 Å².